The van der Waals surface area contributed by atoms with Crippen molar-refractivity contribution in [1.29, 1.82) is 0 Å². The topological polar surface area (TPSA) is 49.4 Å². The van der Waals surface area contributed by atoms with E-state index in [2.05, 4.69) is 12.2 Å². The number of hydrogen-bond donors (Lipinski definition) is 1. The second kappa shape index (κ2) is 5.51. The number of carbonyl (C=O) groups is 2. The Morgan fingerprint density at radius 3 is 2.52 bits per heavy atom. The predicted molar refractivity (Wildman–Crippen MR) is 80.4 cm³/mol. The van der Waals surface area contributed by atoms with Crippen molar-refractivity contribution in [3.8, 4) is 0 Å². The van der Waals surface area contributed by atoms with E-state index in [9.17, 15) is 9.59 Å². The highest BCUT2D eigenvalue weighted by molar-refractivity contribution is 5.97. The van der Waals surface area contributed by atoms with Gasteiger partial charge in [-0.05, 0) is 37.2 Å². The molecule has 1 aromatic rings. The molecule has 4 nitrogen and oxygen atoms in total. The van der Waals surface area contributed by atoms with Crippen molar-refractivity contribution < 1.29 is 9.59 Å². The number of benzene rings is 1. The monoisotopic (exact) mass is 286 g/mol. The Kier molecular flexibility index (Phi) is 3.70. The lowest BCUT2D eigenvalue weighted by atomic mass is 9.98. The summed E-state index contributed by atoms with van der Waals surface area (Å²) < 4.78 is 0. The molecule has 1 aliphatic heterocycles. The van der Waals surface area contributed by atoms with Gasteiger partial charge in [-0.15, -0.1) is 0 Å². The van der Waals surface area contributed by atoms with E-state index >= 15 is 0 Å². The molecule has 0 radical (unpaired) electrons. The van der Waals surface area contributed by atoms with Crippen molar-refractivity contribution in [2.75, 3.05) is 6.54 Å². The smallest absolute Gasteiger partial charge is 0.250 e. The van der Waals surface area contributed by atoms with E-state index in [1.54, 1.807) is 4.90 Å². The molecule has 1 heterocycles. The molecule has 1 N–H and O–H groups in total. The summed E-state index contributed by atoms with van der Waals surface area (Å²) in [4.78, 5) is 26.7. The molecule has 2 aliphatic rings. The normalized spacial score (nSPS) is 27.4. The highest BCUT2D eigenvalue weighted by atomic mass is 16.2. The molecule has 21 heavy (non-hydrogen) atoms. The predicted octanol–water partition coefficient (Wildman–Crippen LogP) is 2.12. The van der Waals surface area contributed by atoms with Crippen molar-refractivity contribution in [3.05, 3.63) is 35.9 Å². The third kappa shape index (κ3) is 2.80. The molecule has 0 spiro atoms. The largest absolute Gasteiger partial charge is 0.339 e. The van der Waals surface area contributed by atoms with Crippen LogP contribution in [0.25, 0.3) is 0 Å². The van der Waals surface area contributed by atoms with Crippen molar-refractivity contribution in [2.24, 2.45) is 11.8 Å². The second-order valence-electron chi connectivity index (χ2n) is 6.33. The zero-order valence-corrected chi connectivity index (χ0v) is 12.6. The zero-order chi connectivity index (χ0) is 15.0. The highest BCUT2D eigenvalue weighted by Crippen LogP contribution is 2.37. The fraction of sp³-hybridized carbons (Fsp3) is 0.529. The zero-order valence-electron chi connectivity index (χ0n) is 12.6. The van der Waals surface area contributed by atoms with Crippen LogP contribution in [0.5, 0.6) is 0 Å². The van der Waals surface area contributed by atoms with Gasteiger partial charge in [0, 0.05) is 6.54 Å². The van der Waals surface area contributed by atoms with Crippen LogP contribution in [0.3, 0.4) is 0 Å². The fourth-order valence-corrected chi connectivity index (χ4v) is 3.07. The standard InChI is InChI=1S/C17H22N2O2/c1-11(13-8-9-13)10-19-12(2)16(20)18-15(17(19)21)14-6-4-3-5-7-14/h3-7,11-13,15H,8-10H2,1-2H3,(H,18,20). The first-order chi connectivity index (χ1) is 10.1. The van der Waals surface area contributed by atoms with Crippen LogP contribution in [-0.2, 0) is 9.59 Å². The van der Waals surface area contributed by atoms with Gasteiger partial charge in [0.25, 0.3) is 0 Å². The van der Waals surface area contributed by atoms with Crippen LogP contribution in [0.1, 0.15) is 38.3 Å². The Hall–Kier alpha value is -1.84. The summed E-state index contributed by atoms with van der Waals surface area (Å²) in [7, 11) is 0. The number of rotatable bonds is 4. The molecule has 3 atom stereocenters. The Bertz CT molecular complexity index is 539. The van der Waals surface area contributed by atoms with Crippen molar-refractivity contribution in [1.82, 2.24) is 10.2 Å². The third-order valence-corrected chi connectivity index (χ3v) is 4.71. The van der Waals surface area contributed by atoms with Crippen molar-refractivity contribution in [2.45, 2.75) is 38.8 Å². The fourth-order valence-electron chi connectivity index (χ4n) is 3.07. The molecule has 1 aromatic carbocycles. The Morgan fingerprint density at radius 2 is 1.90 bits per heavy atom. The quantitative estimate of drug-likeness (QED) is 0.921. The maximum atomic E-state index is 12.8. The number of amides is 2. The van der Waals surface area contributed by atoms with Gasteiger partial charge in [0.05, 0.1) is 0 Å². The Morgan fingerprint density at radius 1 is 1.24 bits per heavy atom. The van der Waals surface area contributed by atoms with E-state index in [1.165, 1.54) is 12.8 Å². The number of nitrogens with zero attached hydrogens (tertiary/aromatic N) is 1. The average Bonchev–Trinajstić information content (AvgIpc) is 3.33. The molecule has 4 heteroatoms. The van der Waals surface area contributed by atoms with Gasteiger partial charge >= 0.3 is 0 Å². The van der Waals surface area contributed by atoms with E-state index in [4.69, 9.17) is 0 Å². The van der Waals surface area contributed by atoms with Crippen LogP contribution in [0, 0.1) is 11.8 Å². The number of carbonyl (C=O) groups excluding carboxylic acids is 2. The molecule has 1 saturated heterocycles. The molecule has 0 aromatic heterocycles. The number of nitrogens with one attached hydrogen (secondary N) is 1. The summed E-state index contributed by atoms with van der Waals surface area (Å²) in [5.41, 5.74) is 0.854. The minimum absolute atomic E-state index is 0.0146. The van der Waals surface area contributed by atoms with E-state index < -0.39 is 6.04 Å². The number of hydrogen-bond acceptors (Lipinski definition) is 2. The van der Waals surface area contributed by atoms with Crippen molar-refractivity contribution in [3.63, 3.8) is 0 Å². The van der Waals surface area contributed by atoms with Crippen LogP contribution < -0.4 is 5.32 Å². The molecule has 1 aliphatic carbocycles. The Balaban J connectivity index is 1.80. The molecule has 1 saturated carbocycles. The molecule has 112 valence electrons. The molecule has 3 unspecified atom stereocenters. The summed E-state index contributed by atoms with van der Waals surface area (Å²) in [5.74, 6) is 1.15. The van der Waals surface area contributed by atoms with E-state index in [0.717, 1.165) is 11.5 Å². The molecular formula is C17H22N2O2. The van der Waals surface area contributed by atoms with Gasteiger partial charge in [-0.2, -0.15) is 0 Å². The Labute approximate surface area is 125 Å². The second-order valence-corrected chi connectivity index (χ2v) is 6.33. The van der Waals surface area contributed by atoms with Crippen LogP contribution >= 0.6 is 0 Å². The maximum absolute atomic E-state index is 12.8. The van der Waals surface area contributed by atoms with E-state index in [0.29, 0.717) is 12.5 Å². The summed E-state index contributed by atoms with van der Waals surface area (Å²) >= 11 is 0. The highest BCUT2D eigenvalue weighted by Gasteiger charge is 2.40. The van der Waals surface area contributed by atoms with Gasteiger partial charge in [0.15, 0.2) is 0 Å². The molecular weight excluding hydrogens is 264 g/mol. The first kappa shape index (κ1) is 14.1. The summed E-state index contributed by atoms with van der Waals surface area (Å²) in [6, 6.07) is 8.56. The lowest BCUT2D eigenvalue weighted by Gasteiger charge is -2.39. The lowest BCUT2D eigenvalue weighted by Crippen LogP contribution is -2.59. The van der Waals surface area contributed by atoms with Gasteiger partial charge in [-0.1, -0.05) is 37.3 Å². The third-order valence-electron chi connectivity index (χ3n) is 4.71. The van der Waals surface area contributed by atoms with E-state index in [-0.39, 0.29) is 17.9 Å². The van der Waals surface area contributed by atoms with Gasteiger partial charge in [-0.3, -0.25) is 9.59 Å². The minimum Gasteiger partial charge on any atom is -0.339 e. The van der Waals surface area contributed by atoms with Crippen molar-refractivity contribution >= 4 is 11.8 Å². The molecule has 2 fully saturated rings. The minimum atomic E-state index is -0.540. The summed E-state index contributed by atoms with van der Waals surface area (Å²) in [5, 5.41) is 2.85. The van der Waals surface area contributed by atoms with Gasteiger partial charge in [0.2, 0.25) is 11.8 Å². The molecule has 2 amide bonds. The number of piperazine rings is 1. The molecule has 0 bridgehead atoms. The SMILES string of the molecule is CC(CN1C(=O)C(c2ccccc2)NC(=O)C1C)C1CC1. The van der Waals surface area contributed by atoms with Gasteiger partial charge < -0.3 is 10.2 Å². The van der Waals surface area contributed by atoms with Crippen LogP contribution in [0.15, 0.2) is 30.3 Å². The van der Waals surface area contributed by atoms with Crippen LogP contribution in [-0.4, -0.2) is 29.3 Å². The van der Waals surface area contributed by atoms with Gasteiger partial charge in [0.1, 0.15) is 12.1 Å². The summed E-state index contributed by atoms with van der Waals surface area (Å²) in [6.45, 7) is 4.68. The van der Waals surface area contributed by atoms with Gasteiger partial charge in [-0.25, -0.2) is 0 Å². The first-order valence-electron chi connectivity index (χ1n) is 7.73. The molecule has 3 rings (SSSR count). The van der Waals surface area contributed by atoms with E-state index in [1.807, 2.05) is 37.3 Å². The van der Waals surface area contributed by atoms with Crippen LogP contribution in [0.2, 0.25) is 0 Å². The lowest BCUT2D eigenvalue weighted by molar-refractivity contribution is -0.149. The summed E-state index contributed by atoms with van der Waals surface area (Å²) in [6.07, 6.45) is 2.51. The first-order valence-corrected chi connectivity index (χ1v) is 7.73. The maximum Gasteiger partial charge on any atom is 0.250 e. The van der Waals surface area contributed by atoms with Crippen LogP contribution in [0.4, 0.5) is 0 Å². The average molecular weight is 286 g/mol.